The number of rotatable bonds is 6. The molecule has 0 saturated carbocycles. The second-order valence-corrected chi connectivity index (χ2v) is 14.0. The summed E-state index contributed by atoms with van der Waals surface area (Å²) in [4.78, 5) is 16.0. The molecule has 5 rings (SSSR count). The Hall–Kier alpha value is -3.43. The van der Waals surface area contributed by atoms with Crippen molar-refractivity contribution >= 4 is 43.0 Å². The number of sulfone groups is 1. The van der Waals surface area contributed by atoms with E-state index in [1.807, 2.05) is 24.8 Å². The summed E-state index contributed by atoms with van der Waals surface area (Å²) in [7, 11) is -7.04. The molecule has 0 amide bonds. The number of nitrogens with one attached hydrogen (secondary N) is 1. The summed E-state index contributed by atoms with van der Waals surface area (Å²) < 4.78 is 80.1. The molecule has 40 heavy (non-hydrogen) atoms. The van der Waals surface area contributed by atoms with Gasteiger partial charge in [0.25, 0.3) is 0 Å². The van der Waals surface area contributed by atoms with Crippen molar-refractivity contribution in [2.75, 3.05) is 59.8 Å². The van der Waals surface area contributed by atoms with Gasteiger partial charge in [0.05, 0.1) is 35.8 Å². The number of fused-ring (bicyclic) bond motifs is 1. The third-order valence-corrected chi connectivity index (χ3v) is 10.00. The molecule has 0 atom stereocenters. The van der Waals surface area contributed by atoms with Crippen molar-refractivity contribution in [3.63, 3.8) is 0 Å². The Kier molecular flexibility index (Phi) is 7.39. The van der Waals surface area contributed by atoms with Crippen LogP contribution in [0.15, 0.2) is 41.6 Å². The molecule has 15 heteroatoms. The van der Waals surface area contributed by atoms with Gasteiger partial charge in [-0.15, -0.1) is 0 Å². The molecule has 0 bridgehead atoms. The fourth-order valence-electron chi connectivity index (χ4n) is 4.88. The van der Waals surface area contributed by atoms with E-state index >= 15 is 4.39 Å². The van der Waals surface area contributed by atoms with Gasteiger partial charge in [-0.1, -0.05) is 0 Å². The van der Waals surface area contributed by atoms with Gasteiger partial charge in [-0.3, -0.25) is 0 Å². The fraction of sp³-hybridized carbons (Fsp3) is 0.400. The summed E-state index contributed by atoms with van der Waals surface area (Å²) in [6.45, 7) is 5.76. The molecular formula is C25H29F2N7O4S2. The number of halogens is 2. The maximum absolute atomic E-state index is 15.2. The molecule has 1 saturated heterocycles. The van der Waals surface area contributed by atoms with Crippen LogP contribution >= 0.6 is 0 Å². The topological polar surface area (TPSA) is 129 Å². The lowest BCUT2D eigenvalue weighted by molar-refractivity contribution is 0.388. The summed E-state index contributed by atoms with van der Waals surface area (Å²) in [5, 5.41) is 2.91. The Labute approximate surface area is 231 Å². The lowest BCUT2D eigenvalue weighted by Gasteiger charge is -2.34. The quantitative estimate of drug-likeness (QED) is 0.456. The average Bonchev–Trinajstić information content (AvgIpc) is 2.89. The monoisotopic (exact) mass is 593 g/mol. The van der Waals surface area contributed by atoms with Crippen molar-refractivity contribution in [1.29, 1.82) is 0 Å². The van der Waals surface area contributed by atoms with Crippen molar-refractivity contribution in [3.8, 4) is 11.3 Å². The number of hydrogen-bond acceptors (Lipinski definition) is 10. The van der Waals surface area contributed by atoms with Crippen LogP contribution in [-0.2, 0) is 19.9 Å². The first kappa shape index (κ1) is 28.1. The highest BCUT2D eigenvalue weighted by Gasteiger charge is 2.34. The van der Waals surface area contributed by atoms with E-state index in [9.17, 15) is 21.2 Å². The van der Waals surface area contributed by atoms with E-state index in [-0.39, 0.29) is 46.1 Å². The van der Waals surface area contributed by atoms with Crippen LogP contribution in [0.5, 0.6) is 0 Å². The van der Waals surface area contributed by atoms with Gasteiger partial charge in [-0.2, -0.15) is 4.31 Å². The Morgan fingerprint density at radius 3 is 2.33 bits per heavy atom. The molecule has 0 aliphatic carbocycles. The molecule has 0 unspecified atom stereocenters. The van der Waals surface area contributed by atoms with E-state index in [1.165, 1.54) is 16.6 Å². The van der Waals surface area contributed by atoms with E-state index in [2.05, 4.69) is 20.3 Å². The predicted molar refractivity (Wildman–Crippen MR) is 148 cm³/mol. The summed E-state index contributed by atoms with van der Waals surface area (Å²) in [6, 6.07) is 5.82. The van der Waals surface area contributed by atoms with E-state index in [0.717, 1.165) is 18.0 Å². The normalized spacial score (nSPS) is 17.6. The highest BCUT2D eigenvalue weighted by molar-refractivity contribution is 7.91. The number of piperazine rings is 1. The zero-order valence-electron chi connectivity index (χ0n) is 22.2. The summed E-state index contributed by atoms with van der Waals surface area (Å²) in [6.07, 6.45) is 3.78. The van der Waals surface area contributed by atoms with Gasteiger partial charge in [0.15, 0.2) is 15.7 Å². The minimum absolute atomic E-state index is 0.0184. The maximum Gasteiger partial charge on any atom is 0.229 e. The average molecular weight is 594 g/mol. The van der Waals surface area contributed by atoms with Crippen LogP contribution in [0.3, 0.4) is 0 Å². The number of benzene rings is 1. The highest BCUT2D eigenvalue weighted by Crippen LogP contribution is 2.38. The molecule has 1 fully saturated rings. The smallest absolute Gasteiger partial charge is 0.229 e. The van der Waals surface area contributed by atoms with Gasteiger partial charge in [-0.25, -0.2) is 40.6 Å². The van der Waals surface area contributed by atoms with Crippen molar-refractivity contribution in [3.05, 3.63) is 48.3 Å². The van der Waals surface area contributed by atoms with Gasteiger partial charge >= 0.3 is 0 Å². The zero-order chi connectivity index (χ0) is 28.8. The van der Waals surface area contributed by atoms with Gasteiger partial charge in [0.2, 0.25) is 16.0 Å². The maximum atomic E-state index is 15.2. The van der Waals surface area contributed by atoms with Crippen molar-refractivity contribution in [2.24, 2.45) is 0 Å². The van der Waals surface area contributed by atoms with Crippen molar-refractivity contribution < 1.29 is 25.6 Å². The van der Waals surface area contributed by atoms with Crippen molar-refractivity contribution in [1.82, 2.24) is 19.3 Å². The van der Waals surface area contributed by atoms with Crippen LogP contribution in [0.25, 0.3) is 11.3 Å². The summed E-state index contributed by atoms with van der Waals surface area (Å²) in [5.41, 5.74) is 0.886. The van der Waals surface area contributed by atoms with Crippen LogP contribution < -0.4 is 15.1 Å². The molecule has 2 aliphatic rings. The van der Waals surface area contributed by atoms with E-state index in [1.54, 1.807) is 17.2 Å². The Balaban J connectivity index is 1.38. The first-order chi connectivity index (χ1) is 18.8. The number of sulfonamides is 1. The molecule has 0 radical (unpaired) electrons. The number of nitrogens with zero attached hydrogens (tertiary/aromatic N) is 6. The molecule has 214 valence electrons. The molecule has 0 spiro atoms. The number of hydrogen-bond donors (Lipinski definition) is 1. The SMILES string of the molecule is CC(C)N1CCS(=O)(=O)c2c(F)cc(-c3nc(Nc4ccc(N5CCN(S(C)(=O)=O)CC5)cn4)ncc3F)cc21. The van der Waals surface area contributed by atoms with Crippen LogP contribution in [0.1, 0.15) is 13.8 Å². The minimum Gasteiger partial charge on any atom is -0.368 e. The third kappa shape index (κ3) is 5.58. The second kappa shape index (κ2) is 10.5. The summed E-state index contributed by atoms with van der Waals surface area (Å²) in [5.74, 6) is -1.56. The number of pyridine rings is 1. The predicted octanol–water partition coefficient (Wildman–Crippen LogP) is 2.64. The molecule has 4 heterocycles. The van der Waals surface area contributed by atoms with Crippen LogP contribution in [0, 0.1) is 11.6 Å². The van der Waals surface area contributed by atoms with Gasteiger partial charge in [-0.05, 0) is 38.1 Å². The minimum atomic E-state index is -3.81. The molecule has 1 aromatic carbocycles. The third-order valence-electron chi connectivity index (χ3n) is 6.95. The highest BCUT2D eigenvalue weighted by atomic mass is 32.2. The second-order valence-electron chi connectivity index (χ2n) is 9.98. The number of anilines is 4. The van der Waals surface area contributed by atoms with Crippen LogP contribution in [-0.4, -0.2) is 86.9 Å². The number of aromatic nitrogens is 3. The molecule has 2 aromatic heterocycles. The molecular weight excluding hydrogens is 564 g/mol. The largest absolute Gasteiger partial charge is 0.368 e. The molecule has 11 nitrogen and oxygen atoms in total. The zero-order valence-corrected chi connectivity index (χ0v) is 23.8. The van der Waals surface area contributed by atoms with E-state index in [4.69, 9.17) is 0 Å². The van der Waals surface area contributed by atoms with Crippen LogP contribution in [0.2, 0.25) is 0 Å². The molecule has 3 aromatic rings. The van der Waals surface area contributed by atoms with Gasteiger partial charge in [0.1, 0.15) is 22.2 Å². The standard InChI is InChI=1S/C25H29F2N7O4S2/c1-16(2)34-10-11-40(37,38)24-19(26)12-17(13-21(24)34)23-20(27)15-29-25(31-23)30-22-5-4-18(14-28-22)32-6-8-33(9-7-32)39(3,35)36/h4-5,12-16H,6-11H2,1-3H3,(H,28,29,30,31). The molecule has 1 N–H and O–H groups in total. The Morgan fingerprint density at radius 1 is 0.975 bits per heavy atom. The van der Waals surface area contributed by atoms with Crippen molar-refractivity contribution in [2.45, 2.75) is 24.8 Å². The van der Waals surface area contributed by atoms with Gasteiger partial charge in [0, 0.05) is 44.3 Å². The molecule has 2 aliphatic heterocycles. The first-order valence-corrected chi connectivity index (χ1v) is 16.1. The van der Waals surface area contributed by atoms with Crippen LogP contribution in [0.4, 0.5) is 31.9 Å². The van der Waals surface area contributed by atoms with E-state index < -0.39 is 31.5 Å². The first-order valence-electron chi connectivity index (χ1n) is 12.6. The lowest BCUT2D eigenvalue weighted by Crippen LogP contribution is -2.48. The van der Waals surface area contributed by atoms with E-state index in [0.29, 0.717) is 32.0 Å². The van der Waals surface area contributed by atoms with Gasteiger partial charge < -0.3 is 15.1 Å². The lowest BCUT2D eigenvalue weighted by atomic mass is 10.1. The Morgan fingerprint density at radius 2 is 1.70 bits per heavy atom. The Bertz CT molecular complexity index is 1640. The summed E-state index contributed by atoms with van der Waals surface area (Å²) >= 11 is 0. The fourth-order valence-corrected chi connectivity index (χ4v) is 7.20.